The second-order valence-corrected chi connectivity index (χ2v) is 5.63. The van der Waals surface area contributed by atoms with Gasteiger partial charge in [-0.25, -0.2) is 8.78 Å². The van der Waals surface area contributed by atoms with Crippen molar-refractivity contribution in [1.82, 2.24) is 5.32 Å². The molecule has 3 rings (SSSR count). The predicted molar refractivity (Wildman–Crippen MR) is 89.4 cm³/mol. The minimum Gasteiger partial charge on any atom is -0.486 e. The number of fused-ring (bicyclic) bond motifs is 1. The number of nitrogens with one attached hydrogen (secondary N) is 1. The van der Waals surface area contributed by atoms with Crippen LogP contribution in [0.15, 0.2) is 42.5 Å². The molecule has 0 bridgehead atoms. The first kappa shape index (κ1) is 17.0. The van der Waals surface area contributed by atoms with E-state index >= 15 is 0 Å². The van der Waals surface area contributed by atoms with Crippen LogP contribution in [0.25, 0.3) is 6.08 Å². The van der Waals surface area contributed by atoms with Crippen molar-refractivity contribution in [3.05, 3.63) is 65.2 Å². The quantitative estimate of drug-likeness (QED) is 0.861. The third kappa shape index (κ3) is 4.15. The summed E-state index contributed by atoms with van der Waals surface area (Å²) in [7, 11) is 0. The number of rotatable bonds is 4. The Balaban J connectivity index is 1.64. The second kappa shape index (κ2) is 7.34. The van der Waals surface area contributed by atoms with Crippen LogP contribution in [0, 0.1) is 11.6 Å². The molecule has 1 atom stereocenters. The third-order valence-corrected chi connectivity index (χ3v) is 3.78. The van der Waals surface area contributed by atoms with E-state index < -0.39 is 17.7 Å². The number of carbonyl (C=O) groups is 1. The fourth-order valence-electron chi connectivity index (χ4n) is 2.53. The topological polar surface area (TPSA) is 47.6 Å². The van der Waals surface area contributed by atoms with Gasteiger partial charge in [-0.2, -0.15) is 0 Å². The molecule has 2 aromatic rings. The van der Waals surface area contributed by atoms with Gasteiger partial charge >= 0.3 is 0 Å². The molecule has 1 amide bonds. The molecule has 0 fully saturated rings. The van der Waals surface area contributed by atoms with E-state index in [2.05, 4.69) is 5.32 Å². The fraction of sp³-hybridized carbons (Fsp3) is 0.211. The van der Waals surface area contributed by atoms with Crippen LogP contribution in [-0.2, 0) is 4.79 Å². The Morgan fingerprint density at radius 3 is 2.64 bits per heavy atom. The van der Waals surface area contributed by atoms with Crippen molar-refractivity contribution in [2.45, 2.75) is 13.0 Å². The van der Waals surface area contributed by atoms with Crippen molar-refractivity contribution in [1.29, 1.82) is 0 Å². The molecule has 0 spiro atoms. The molecule has 0 radical (unpaired) electrons. The first-order valence-electron chi connectivity index (χ1n) is 7.86. The molecule has 0 saturated heterocycles. The van der Waals surface area contributed by atoms with E-state index in [0.717, 1.165) is 17.7 Å². The molecule has 6 heteroatoms. The highest BCUT2D eigenvalue weighted by molar-refractivity contribution is 5.92. The van der Waals surface area contributed by atoms with E-state index in [1.54, 1.807) is 31.2 Å². The number of benzene rings is 2. The van der Waals surface area contributed by atoms with Crippen LogP contribution in [0.4, 0.5) is 8.78 Å². The van der Waals surface area contributed by atoms with Crippen molar-refractivity contribution in [3.63, 3.8) is 0 Å². The van der Waals surface area contributed by atoms with E-state index in [9.17, 15) is 13.6 Å². The van der Waals surface area contributed by atoms with Gasteiger partial charge in [0, 0.05) is 17.7 Å². The summed E-state index contributed by atoms with van der Waals surface area (Å²) in [6.07, 6.45) is 2.98. The molecule has 1 heterocycles. The van der Waals surface area contributed by atoms with Crippen LogP contribution in [0.1, 0.15) is 24.1 Å². The normalized spacial score (nSPS) is 14.4. The fourth-order valence-corrected chi connectivity index (χ4v) is 2.53. The molecule has 130 valence electrons. The van der Waals surface area contributed by atoms with Crippen molar-refractivity contribution in [2.75, 3.05) is 13.2 Å². The van der Waals surface area contributed by atoms with Crippen molar-refractivity contribution in [2.24, 2.45) is 0 Å². The summed E-state index contributed by atoms with van der Waals surface area (Å²) in [4.78, 5) is 12.0. The number of hydrogen-bond donors (Lipinski definition) is 1. The summed E-state index contributed by atoms with van der Waals surface area (Å²) in [5.41, 5.74) is 1.00. The maximum atomic E-state index is 13.7. The monoisotopic (exact) mass is 345 g/mol. The lowest BCUT2D eigenvalue weighted by Gasteiger charge is -2.18. The molecular formula is C19H17F2NO3. The smallest absolute Gasteiger partial charge is 0.244 e. The van der Waals surface area contributed by atoms with E-state index in [1.807, 2.05) is 0 Å². The average Bonchev–Trinajstić information content (AvgIpc) is 2.59. The summed E-state index contributed by atoms with van der Waals surface area (Å²) in [6, 6.07) is 8.05. The van der Waals surface area contributed by atoms with E-state index in [1.165, 1.54) is 12.1 Å². The zero-order chi connectivity index (χ0) is 17.8. The van der Waals surface area contributed by atoms with Crippen LogP contribution in [0.2, 0.25) is 0 Å². The molecule has 0 unspecified atom stereocenters. The van der Waals surface area contributed by atoms with Crippen molar-refractivity contribution >= 4 is 12.0 Å². The lowest BCUT2D eigenvalue weighted by atomic mass is 10.1. The van der Waals surface area contributed by atoms with Crippen molar-refractivity contribution < 1.29 is 23.0 Å². The summed E-state index contributed by atoms with van der Waals surface area (Å²) in [6.45, 7) is 2.63. The maximum absolute atomic E-state index is 13.7. The van der Waals surface area contributed by atoms with Crippen LogP contribution in [0.5, 0.6) is 11.5 Å². The SMILES string of the molecule is C[C@@H](NC(=O)/C=C/c1ccc2c(c1)OCCO2)c1ccc(F)cc1F. The van der Waals surface area contributed by atoms with Gasteiger partial charge in [-0.05, 0) is 36.8 Å². The summed E-state index contributed by atoms with van der Waals surface area (Å²) in [5.74, 6) is -0.420. The number of ether oxygens (including phenoxy) is 2. The van der Waals surface area contributed by atoms with E-state index in [-0.39, 0.29) is 11.5 Å². The number of halogens is 2. The van der Waals surface area contributed by atoms with Gasteiger partial charge in [0.1, 0.15) is 24.8 Å². The zero-order valence-corrected chi connectivity index (χ0v) is 13.6. The lowest BCUT2D eigenvalue weighted by molar-refractivity contribution is -0.117. The van der Waals surface area contributed by atoms with Gasteiger partial charge in [-0.1, -0.05) is 12.1 Å². The number of hydrogen-bond acceptors (Lipinski definition) is 3. The molecule has 1 aliphatic heterocycles. The second-order valence-electron chi connectivity index (χ2n) is 5.63. The first-order chi connectivity index (χ1) is 12.0. The minimum absolute atomic E-state index is 0.225. The van der Waals surface area contributed by atoms with Crippen LogP contribution < -0.4 is 14.8 Å². The Hall–Kier alpha value is -2.89. The zero-order valence-electron chi connectivity index (χ0n) is 13.6. The molecule has 1 N–H and O–H groups in total. The predicted octanol–water partition coefficient (Wildman–Crippen LogP) is 3.63. The lowest BCUT2D eigenvalue weighted by Crippen LogP contribution is -2.25. The molecule has 2 aromatic carbocycles. The van der Waals surface area contributed by atoms with E-state index in [0.29, 0.717) is 24.7 Å². The van der Waals surface area contributed by atoms with Gasteiger partial charge in [0.15, 0.2) is 11.5 Å². The number of carbonyl (C=O) groups excluding carboxylic acids is 1. The standard InChI is InChI=1S/C19H17F2NO3/c1-12(15-5-4-14(20)11-16(15)21)22-19(23)7-3-13-2-6-17-18(10-13)25-9-8-24-17/h2-7,10-12H,8-9H2,1H3,(H,22,23)/b7-3+/t12-/m1/s1. The molecule has 25 heavy (non-hydrogen) atoms. The Bertz CT molecular complexity index is 820. The molecule has 1 aliphatic rings. The summed E-state index contributed by atoms with van der Waals surface area (Å²) >= 11 is 0. The van der Waals surface area contributed by atoms with Gasteiger partial charge in [-0.15, -0.1) is 0 Å². The highest BCUT2D eigenvalue weighted by Crippen LogP contribution is 2.31. The van der Waals surface area contributed by atoms with Crippen LogP contribution >= 0.6 is 0 Å². The van der Waals surface area contributed by atoms with E-state index in [4.69, 9.17) is 9.47 Å². The van der Waals surface area contributed by atoms with Crippen LogP contribution in [-0.4, -0.2) is 19.1 Å². The minimum atomic E-state index is -0.691. The Morgan fingerprint density at radius 2 is 1.88 bits per heavy atom. The molecule has 0 saturated carbocycles. The number of amides is 1. The highest BCUT2D eigenvalue weighted by Gasteiger charge is 2.14. The van der Waals surface area contributed by atoms with Crippen LogP contribution in [0.3, 0.4) is 0 Å². The summed E-state index contributed by atoms with van der Waals surface area (Å²) < 4.78 is 37.6. The van der Waals surface area contributed by atoms with Gasteiger partial charge < -0.3 is 14.8 Å². The Morgan fingerprint density at radius 1 is 1.12 bits per heavy atom. The van der Waals surface area contributed by atoms with Gasteiger partial charge in [0.25, 0.3) is 0 Å². The largest absolute Gasteiger partial charge is 0.486 e. The Kier molecular flexibility index (Phi) is 4.97. The molecular weight excluding hydrogens is 328 g/mol. The van der Waals surface area contributed by atoms with Gasteiger partial charge in [-0.3, -0.25) is 4.79 Å². The maximum Gasteiger partial charge on any atom is 0.244 e. The average molecular weight is 345 g/mol. The molecule has 0 aliphatic carbocycles. The molecule has 4 nitrogen and oxygen atoms in total. The van der Waals surface area contributed by atoms with Gasteiger partial charge in [0.05, 0.1) is 6.04 Å². The van der Waals surface area contributed by atoms with Gasteiger partial charge in [0.2, 0.25) is 5.91 Å². The Labute approximate surface area is 144 Å². The third-order valence-electron chi connectivity index (χ3n) is 3.78. The molecule has 0 aromatic heterocycles. The highest BCUT2D eigenvalue weighted by atomic mass is 19.1. The first-order valence-corrected chi connectivity index (χ1v) is 7.86. The van der Waals surface area contributed by atoms with Crippen molar-refractivity contribution in [3.8, 4) is 11.5 Å². The summed E-state index contributed by atoms with van der Waals surface area (Å²) in [5, 5.41) is 2.64.